The van der Waals surface area contributed by atoms with Crippen molar-refractivity contribution in [2.45, 2.75) is 0 Å². The number of rotatable bonds is 5. The second-order valence-electron chi connectivity index (χ2n) is 6.41. The summed E-state index contributed by atoms with van der Waals surface area (Å²) in [6.45, 7) is 0. The summed E-state index contributed by atoms with van der Waals surface area (Å²) >= 11 is 0. The Balaban J connectivity index is 1.84. The van der Waals surface area contributed by atoms with E-state index in [4.69, 9.17) is 9.47 Å². The average molecular weight is 384 g/mol. The number of amides is 1. The molecule has 0 bridgehead atoms. The molecular weight excluding hydrogens is 364 g/mol. The zero-order valence-electron chi connectivity index (χ0n) is 16.2. The van der Waals surface area contributed by atoms with Gasteiger partial charge in [0.15, 0.2) is 5.84 Å². The molecule has 0 spiro atoms. The quantitative estimate of drug-likeness (QED) is 0.607. The maximum absolute atomic E-state index is 13.3. The minimum absolute atomic E-state index is 0.195. The van der Waals surface area contributed by atoms with E-state index in [2.05, 4.69) is 4.99 Å². The highest BCUT2D eigenvalue weighted by Crippen LogP contribution is 2.32. The molecule has 0 aromatic heterocycles. The van der Waals surface area contributed by atoms with Gasteiger partial charge >= 0.3 is 0 Å². The van der Waals surface area contributed by atoms with Crippen LogP contribution in [-0.4, -0.2) is 26.0 Å². The maximum Gasteiger partial charge on any atom is 0.282 e. The molecule has 5 heteroatoms. The number of anilines is 1. The molecule has 144 valence electrons. The molecule has 29 heavy (non-hydrogen) atoms. The van der Waals surface area contributed by atoms with Gasteiger partial charge in [-0.15, -0.1) is 0 Å². The van der Waals surface area contributed by atoms with Gasteiger partial charge in [0.25, 0.3) is 5.91 Å². The summed E-state index contributed by atoms with van der Waals surface area (Å²) < 4.78 is 10.8. The van der Waals surface area contributed by atoms with Crippen LogP contribution in [0, 0.1) is 0 Å². The Hall–Kier alpha value is -3.86. The first-order valence-corrected chi connectivity index (χ1v) is 9.18. The van der Waals surface area contributed by atoms with Gasteiger partial charge < -0.3 is 9.47 Å². The molecule has 0 aliphatic carbocycles. The fourth-order valence-electron chi connectivity index (χ4n) is 3.20. The van der Waals surface area contributed by atoms with E-state index < -0.39 is 0 Å². The monoisotopic (exact) mass is 384 g/mol. The Morgan fingerprint density at radius 1 is 0.828 bits per heavy atom. The second-order valence-corrected chi connectivity index (χ2v) is 6.41. The van der Waals surface area contributed by atoms with Crippen molar-refractivity contribution in [3.05, 3.63) is 95.7 Å². The van der Waals surface area contributed by atoms with Gasteiger partial charge in [0.05, 0.1) is 25.5 Å². The van der Waals surface area contributed by atoms with E-state index in [1.165, 1.54) is 0 Å². The van der Waals surface area contributed by atoms with Crippen LogP contribution in [0.15, 0.2) is 89.6 Å². The molecule has 0 unspecified atom stereocenters. The number of hydrogen-bond donors (Lipinski definition) is 0. The Morgan fingerprint density at radius 3 is 2.21 bits per heavy atom. The van der Waals surface area contributed by atoms with Gasteiger partial charge in [0.1, 0.15) is 17.2 Å². The van der Waals surface area contributed by atoms with Crippen LogP contribution < -0.4 is 14.4 Å². The van der Waals surface area contributed by atoms with E-state index in [1.54, 1.807) is 25.2 Å². The van der Waals surface area contributed by atoms with Crippen LogP contribution in [0.2, 0.25) is 0 Å². The molecule has 4 rings (SSSR count). The molecule has 1 aliphatic heterocycles. The lowest BCUT2D eigenvalue weighted by Gasteiger charge is -2.20. The first kappa shape index (κ1) is 18.5. The third-order valence-electron chi connectivity index (χ3n) is 4.64. The SMILES string of the molecule is COc1ccc(N2C(=O)/C(=C\c3ccccc3)N=C2c2ccccc2OC)cc1. The van der Waals surface area contributed by atoms with Crippen molar-refractivity contribution in [2.24, 2.45) is 4.99 Å². The van der Waals surface area contributed by atoms with Gasteiger partial charge in [-0.25, -0.2) is 4.99 Å². The van der Waals surface area contributed by atoms with Crippen molar-refractivity contribution < 1.29 is 14.3 Å². The Morgan fingerprint density at radius 2 is 1.52 bits per heavy atom. The van der Waals surface area contributed by atoms with Crippen molar-refractivity contribution >= 4 is 23.5 Å². The van der Waals surface area contributed by atoms with Crippen LogP contribution in [-0.2, 0) is 4.79 Å². The fraction of sp³-hybridized carbons (Fsp3) is 0.0833. The number of hydrogen-bond acceptors (Lipinski definition) is 4. The molecule has 0 radical (unpaired) electrons. The van der Waals surface area contributed by atoms with Crippen LogP contribution >= 0.6 is 0 Å². The lowest BCUT2D eigenvalue weighted by molar-refractivity contribution is -0.113. The number of nitrogens with zero attached hydrogens (tertiary/aromatic N) is 2. The van der Waals surface area contributed by atoms with Gasteiger partial charge in [-0.3, -0.25) is 9.69 Å². The summed E-state index contributed by atoms with van der Waals surface area (Å²) in [5.41, 5.74) is 2.73. The van der Waals surface area contributed by atoms with Crippen molar-refractivity contribution in [2.75, 3.05) is 19.1 Å². The minimum Gasteiger partial charge on any atom is -0.497 e. The molecule has 0 N–H and O–H groups in total. The van der Waals surface area contributed by atoms with E-state index >= 15 is 0 Å². The fourth-order valence-corrected chi connectivity index (χ4v) is 3.20. The molecule has 1 heterocycles. The Kier molecular flexibility index (Phi) is 5.12. The Bertz CT molecular complexity index is 1090. The normalized spacial score (nSPS) is 14.8. The van der Waals surface area contributed by atoms with Gasteiger partial charge in [-0.2, -0.15) is 0 Å². The average Bonchev–Trinajstić information content (AvgIpc) is 3.10. The largest absolute Gasteiger partial charge is 0.497 e. The summed E-state index contributed by atoms with van der Waals surface area (Å²) in [6.07, 6.45) is 1.79. The van der Waals surface area contributed by atoms with E-state index in [0.29, 0.717) is 23.0 Å². The van der Waals surface area contributed by atoms with Gasteiger partial charge in [0.2, 0.25) is 0 Å². The molecule has 0 saturated heterocycles. The number of methoxy groups -OCH3 is 2. The number of carbonyl (C=O) groups is 1. The Labute approximate surface area is 169 Å². The third-order valence-corrected chi connectivity index (χ3v) is 4.64. The molecule has 3 aromatic carbocycles. The molecule has 0 fully saturated rings. The van der Waals surface area contributed by atoms with Crippen LogP contribution in [0.25, 0.3) is 6.08 Å². The van der Waals surface area contributed by atoms with Crippen LogP contribution in [0.1, 0.15) is 11.1 Å². The first-order valence-electron chi connectivity index (χ1n) is 9.18. The summed E-state index contributed by atoms with van der Waals surface area (Å²) in [7, 11) is 3.22. The van der Waals surface area contributed by atoms with Crippen molar-refractivity contribution in [1.29, 1.82) is 0 Å². The van der Waals surface area contributed by atoms with E-state index in [1.807, 2.05) is 78.9 Å². The van der Waals surface area contributed by atoms with Crippen LogP contribution in [0.5, 0.6) is 11.5 Å². The predicted molar refractivity (Wildman–Crippen MR) is 114 cm³/mol. The molecule has 0 saturated carbocycles. The minimum atomic E-state index is -0.195. The van der Waals surface area contributed by atoms with Crippen molar-refractivity contribution in [1.82, 2.24) is 0 Å². The highest BCUT2D eigenvalue weighted by atomic mass is 16.5. The van der Waals surface area contributed by atoms with Crippen molar-refractivity contribution in [3.8, 4) is 11.5 Å². The van der Waals surface area contributed by atoms with E-state index in [-0.39, 0.29) is 5.91 Å². The topological polar surface area (TPSA) is 51.1 Å². The van der Waals surface area contributed by atoms with Crippen LogP contribution in [0.4, 0.5) is 5.69 Å². The number of para-hydroxylation sites is 1. The smallest absolute Gasteiger partial charge is 0.282 e. The van der Waals surface area contributed by atoms with Crippen molar-refractivity contribution in [3.63, 3.8) is 0 Å². The highest BCUT2D eigenvalue weighted by molar-refractivity contribution is 6.33. The standard InChI is InChI=1S/C24H20N2O3/c1-28-19-14-12-18(13-15-19)26-23(20-10-6-7-11-22(20)29-2)25-21(24(26)27)16-17-8-4-3-5-9-17/h3-16H,1-2H3/b21-16+. The van der Waals surface area contributed by atoms with Gasteiger partial charge in [-0.1, -0.05) is 42.5 Å². The molecule has 5 nitrogen and oxygen atoms in total. The number of benzene rings is 3. The molecule has 1 aliphatic rings. The van der Waals surface area contributed by atoms with Gasteiger partial charge in [-0.05, 0) is 48.0 Å². The lowest BCUT2D eigenvalue weighted by atomic mass is 10.1. The van der Waals surface area contributed by atoms with E-state index in [0.717, 1.165) is 16.9 Å². The number of carbonyl (C=O) groups excluding carboxylic acids is 1. The van der Waals surface area contributed by atoms with Gasteiger partial charge in [0, 0.05) is 0 Å². The molecule has 3 aromatic rings. The van der Waals surface area contributed by atoms with Crippen LogP contribution in [0.3, 0.4) is 0 Å². The summed E-state index contributed by atoms with van der Waals surface area (Å²) in [6, 6.07) is 24.5. The highest BCUT2D eigenvalue weighted by Gasteiger charge is 2.33. The zero-order valence-corrected chi connectivity index (χ0v) is 16.2. The molecular formula is C24H20N2O3. The van der Waals surface area contributed by atoms with E-state index in [9.17, 15) is 4.79 Å². The molecule has 1 amide bonds. The number of ether oxygens (including phenoxy) is 2. The predicted octanol–water partition coefficient (Wildman–Crippen LogP) is 4.54. The lowest BCUT2D eigenvalue weighted by Crippen LogP contribution is -2.32. The summed E-state index contributed by atoms with van der Waals surface area (Å²) in [5.74, 6) is 1.70. The number of amidine groups is 1. The second kappa shape index (κ2) is 8.02. The zero-order chi connectivity index (χ0) is 20.2. The third kappa shape index (κ3) is 3.62. The summed E-state index contributed by atoms with van der Waals surface area (Å²) in [4.78, 5) is 19.6. The summed E-state index contributed by atoms with van der Waals surface area (Å²) in [5, 5.41) is 0. The first-order chi connectivity index (χ1) is 14.2. The molecule has 0 atom stereocenters. The number of aliphatic imine (C=N–C) groups is 1. The maximum atomic E-state index is 13.3.